The Kier molecular flexibility index (Phi) is 399. The summed E-state index contributed by atoms with van der Waals surface area (Å²) in [6.45, 7) is 0. The molecule has 0 nitrogen and oxygen atoms in total. The molecule has 0 heterocycles. The van der Waals surface area contributed by atoms with Crippen LogP contribution in [0.1, 0.15) is 0 Å². The predicted molar refractivity (Wildman–Crippen MR) is 0 cm³/mol. The average molecular weight is 505 g/mol. The third-order valence-corrected chi connectivity index (χ3v) is 0. The van der Waals surface area contributed by atoms with Gasteiger partial charge < -0.3 is 0 Å². The summed E-state index contributed by atoms with van der Waals surface area (Å²) in [5, 5.41) is 0. The molecule has 7 heteroatoms. The Morgan fingerprint density at radius 2 is 0.286 bits per heavy atom. The minimum atomic E-state index is 0. The summed E-state index contributed by atoms with van der Waals surface area (Å²) in [5.74, 6) is 0. The first-order chi connectivity index (χ1) is 0. The number of hydrogen-bond donors (Lipinski definition) is 0. The van der Waals surface area contributed by atoms with Crippen molar-refractivity contribution in [1.29, 1.82) is 0 Å². The van der Waals surface area contributed by atoms with Gasteiger partial charge in [-0.15, -0.1) is 0 Å². The maximum atomic E-state index is 0. The summed E-state index contributed by atoms with van der Waals surface area (Å²) in [6.07, 6.45) is 0. The monoisotopic (exact) mass is 497 g/mol. The number of rotatable bonds is 0. The van der Waals surface area contributed by atoms with Crippen LogP contribution in [0.2, 0.25) is 0 Å². The normalized spacial score (nSPS) is 0. The maximum absolute atomic E-state index is 0. The molecule has 0 aromatic heterocycles. The van der Waals surface area contributed by atoms with Crippen LogP contribution in [-0.4, -0.2) is 0 Å². The van der Waals surface area contributed by atoms with E-state index in [1.165, 1.54) is 0 Å². The van der Waals surface area contributed by atoms with Crippen molar-refractivity contribution < 1.29 is 144 Å². The molecular weight excluding hydrogens is 505 g/mol. The van der Waals surface area contributed by atoms with Crippen LogP contribution in [0.3, 0.4) is 0 Å². The summed E-state index contributed by atoms with van der Waals surface area (Å²) in [6, 6.07) is 0. The molecule has 0 aromatic carbocycles. The molecule has 0 aliphatic rings. The second-order valence-electron chi connectivity index (χ2n) is 0. The smallest absolute Gasteiger partial charge is 0 e. The molecule has 0 radical (unpaired) electrons. The van der Waals surface area contributed by atoms with Gasteiger partial charge in [-0.25, -0.2) is 0 Å². The summed E-state index contributed by atoms with van der Waals surface area (Å²) >= 11 is 0. The molecule has 0 spiro atoms. The van der Waals surface area contributed by atoms with E-state index in [2.05, 4.69) is 0 Å². The van der Waals surface area contributed by atoms with Crippen molar-refractivity contribution >= 4 is 0 Å². The van der Waals surface area contributed by atoms with Crippen molar-refractivity contribution in [3.05, 3.63) is 0 Å². The average Bonchev–Trinajstić information content (AvgIpc) is 0. The first-order valence-corrected chi connectivity index (χ1v) is 0. The largest absolute Gasteiger partial charge is 0 e. The van der Waals surface area contributed by atoms with E-state index in [0.29, 0.717) is 0 Å². The third-order valence-electron chi connectivity index (χ3n) is 0. The van der Waals surface area contributed by atoms with E-state index in [0.717, 1.165) is 0 Å². The Balaban J connectivity index is 0. The molecule has 0 saturated heterocycles. The first-order valence-electron chi connectivity index (χ1n) is 0. The zero-order valence-electron chi connectivity index (χ0n) is 4.95. The van der Waals surface area contributed by atoms with Gasteiger partial charge >= 0.3 is 0 Å². The second kappa shape index (κ2) is 45.8. The van der Waals surface area contributed by atoms with Gasteiger partial charge in [-0.3, -0.25) is 0 Å². The quantitative estimate of drug-likeness (QED) is 0.407. The van der Waals surface area contributed by atoms with Gasteiger partial charge in [0.15, 0.2) is 0 Å². The maximum Gasteiger partial charge on any atom is 0 e. The van der Waals surface area contributed by atoms with Crippen molar-refractivity contribution in [3.8, 4) is 0 Å². The minimum Gasteiger partial charge on any atom is 0 e. The summed E-state index contributed by atoms with van der Waals surface area (Å²) in [5.41, 5.74) is 0. The van der Waals surface area contributed by atoms with E-state index in [9.17, 15) is 0 Å². The molecule has 0 amide bonds. The van der Waals surface area contributed by atoms with E-state index in [4.69, 9.17) is 0 Å². The zero-order chi connectivity index (χ0) is 0. The molecule has 0 unspecified atom stereocenters. The van der Waals surface area contributed by atoms with Crippen molar-refractivity contribution in [2.75, 3.05) is 0 Å². The van der Waals surface area contributed by atoms with Crippen LogP contribution in [0.25, 0.3) is 0 Å². The van der Waals surface area contributed by atoms with Gasteiger partial charge in [-0.05, 0) is 0 Å². The molecule has 0 aliphatic heterocycles. The van der Waals surface area contributed by atoms with Gasteiger partial charge in [0.05, 0.1) is 0 Å². The van der Waals surface area contributed by atoms with Crippen molar-refractivity contribution in [2.45, 2.75) is 0 Å². The van der Waals surface area contributed by atoms with Crippen LogP contribution in [0, 0.1) is 0 Å². The molecular formula is CdZn6. The molecule has 0 saturated carbocycles. The van der Waals surface area contributed by atoms with E-state index in [1.807, 2.05) is 0 Å². The van der Waals surface area contributed by atoms with Crippen LogP contribution in [0.5, 0.6) is 0 Å². The predicted octanol–water partition coefficient (Wildman–Crippen LogP) is -0.0175. The fourth-order valence-corrected chi connectivity index (χ4v) is 0. The van der Waals surface area contributed by atoms with Crippen LogP contribution in [0.15, 0.2) is 0 Å². The molecule has 14 valence electrons. The molecule has 0 aliphatic carbocycles. The van der Waals surface area contributed by atoms with Crippen LogP contribution in [-0.2, 0) is 144 Å². The minimum absolute atomic E-state index is 0. The van der Waals surface area contributed by atoms with E-state index in [-0.39, 0.29) is 144 Å². The topological polar surface area (TPSA) is 0 Å². The Morgan fingerprint density at radius 3 is 0.286 bits per heavy atom. The molecule has 7 heavy (non-hydrogen) atoms. The molecule has 0 atom stereocenters. The summed E-state index contributed by atoms with van der Waals surface area (Å²) < 4.78 is 0. The van der Waals surface area contributed by atoms with E-state index in [1.54, 1.807) is 0 Å². The fourth-order valence-electron chi connectivity index (χ4n) is 0. The van der Waals surface area contributed by atoms with Gasteiger partial charge in [0.1, 0.15) is 0 Å². The van der Waals surface area contributed by atoms with Crippen LogP contribution >= 0.6 is 0 Å². The van der Waals surface area contributed by atoms with Gasteiger partial charge in [-0.1, -0.05) is 0 Å². The molecule has 0 rings (SSSR count). The fraction of sp³-hybridized carbons (Fsp3) is 0. The van der Waals surface area contributed by atoms with Gasteiger partial charge in [0.25, 0.3) is 0 Å². The summed E-state index contributed by atoms with van der Waals surface area (Å²) in [7, 11) is 0. The SMILES string of the molecule is [Cd].[Zn].[Zn].[Zn].[Zn].[Zn].[Zn]. The Labute approximate surface area is 141 Å². The standard InChI is InChI=1S/Cd.6Zn. The van der Waals surface area contributed by atoms with Crippen LogP contribution < -0.4 is 0 Å². The Hall–Kier alpha value is 4.66. The third kappa shape index (κ3) is 36.8. The van der Waals surface area contributed by atoms with Crippen molar-refractivity contribution in [2.24, 2.45) is 0 Å². The van der Waals surface area contributed by atoms with Crippen molar-refractivity contribution in [3.63, 3.8) is 0 Å². The van der Waals surface area contributed by atoms with Gasteiger partial charge in [0.2, 0.25) is 0 Å². The summed E-state index contributed by atoms with van der Waals surface area (Å²) in [4.78, 5) is 0. The molecule has 0 aromatic rings. The second-order valence-corrected chi connectivity index (χ2v) is 0. The Morgan fingerprint density at radius 1 is 0.286 bits per heavy atom. The molecule has 0 fully saturated rings. The first kappa shape index (κ1) is 61.0. The van der Waals surface area contributed by atoms with Gasteiger partial charge in [0, 0.05) is 144 Å². The molecule has 0 bridgehead atoms. The zero-order valence-corrected chi connectivity index (χ0v) is 26.8. The van der Waals surface area contributed by atoms with Crippen LogP contribution in [0.4, 0.5) is 0 Å². The van der Waals surface area contributed by atoms with Gasteiger partial charge in [-0.2, -0.15) is 0 Å². The van der Waals surface area contributed by atoms with E-state index < -0.39 is 0 Å². The van der Waals surface area contributed by atoms with Crippen molar-refractivity contribution in [1.82, 2.24) is 0 Å². The molecule has 0 N–H and O–H groups in total. The Bertz CT molecular complexity index is 4.14. The van der Waals surface area contributed by atoms with E-state index >= 15 is 0 Å². The number of hydrogen-bond acceptors (Lipinski definition) is 0.